The molecular formula is C25H24F3N3O2. The third-order valence-electron chi connectivity index (χ3n) is 6.59. The van der Waals surface area contributed by atoms with Crippen LogP contribution in [0.5, 0.6) is 0 Å². The molecule has 0 radical (unpaired) electrons. The van der Waals surface area contributed by atoms with E-state index in [9.17, 15) is 22.8 Å². The van der Waals surface area contributed by atoms with Gasteiger partial charge in [-0.1, -0.05) is 24.3 Å². The van der Waals surface area contributed by atoms with Crippen LogP contribution in [0.1, 0.15) is 33.5 Å². The number of rotatable bonds is 3. The van der Waals surface area contributed by atoms with Crippen molar-refractivity contribution in [1.29, 1.82) is 0 Å². The Balaban J connectivity index is 1.29. The number of benzene rings is 2. The second kappa shape index (κ2) is 8.33. The van der Waals surface area contributed by atoms with E-state index >= 15 is 0 Å². The second-order valence-corrected chi connectivity index (χ2v) is 8.73. The van der Waals surface area contributed by atoms with E-state index in [1.165, 1.54) is 17.7 Å². The van der Waals surface area contributed by atoms with Gasteiger partial charge >= 0.3 is 6.18 Å². The number of piperazine rings is 1. The van der Waals surface area contributed by atoms with Crippen molar-refractivity contribution in [2.24, 2.45) is 0 Å². The van der Waals surface area contributed by atoms with Gasteiger partial charge in [-0.2, -0.15) is 13.2 Å². The van der Waals surface area contributed by atoms with Crippen LogP contribution >= 0.6 is 0 Å². The van der Waals surface area contributed by atoms with Gasteiger partial charge in [0, 0.05) is 50.4 Å². The number of carbonyl (C=O) groups excluding carboxylic acids is 1. The predicted molar refractivity (Wildman–Crippen MR) is 119 cm³/mol. The summed E-state index contributed by atoms with van der Waals surface area (Å²) in [7, 11) is 0. The fraction of sp³-hybridized carbons (Fsp3) is 0.360. The number of hydrogen-bond donors (Lipinski definition) is 0. The Kier molecular flexibility index (Phi) is 5.48. The molecule has 1 fully saturated rings. The van der Waals surface area contributed by atoms with Crippen molar-refractivity contribution >= 4 is 16.8 Å². The van der Waals surface area contributed by atoms with Crippen molar-refractivity contribution in [3.05, 3.63) is 81.1 Å². The van der Waals surface area contributed by atoms with Gasteiger partial charge in [0.25, 0.3) is 11.5 Å². The molecule has 8 heteroatoms. The van der Waals surface area contributed by atoms with Crippen LogP contribution in [0.3, 0.4) is 0 Å². The first-order valence-electron chi connectivity index (χ1n) is 11.1. The second-order valence-electron chi connectivity index (χ2n) is 8.73. The van der Waals surface area contributed by atoms with Crippen molar-refractivity contribution in [3.63, 3.8) is 0 Å². The van der Waals surface area contributed by atoms with Gasteiger partial charge in [0.2, 0.25) is 0 Å². The molecule has 1 saturated heterocycles. The van der Waals surface area contributed by atoms with E-state index in [1.807, 2.05) is 22.8 Å². The number of amides is 1. The number of hydrogen-bond acceptors (Lipinski definition) is 3. The molecule has 2 aromatic carbocycles. The normalized spacial score (nSPS) is 16.9. The predicted octanol–water partition coefficient (Wildman–Crippen LogP) is 3.92. The molecule has 0 N–H and O–H groups in total. The highest BCUT2D eigenvalue weighted by Crippen LogP contribution is 2.30. The quantitative estimate of drug-likeness (QED) is 0.602. The first kappa shape index (κ1) is 21.7. The van der Waals surface area contributed by atoms with E-state index in [-0.39, 0.29) is 11.1 Å². The van der Waals surface area contributed by atoms with Crippen LogP contribution in [0.15, 0.2) is 53.3 Å². The van der Waals surface area contributed by atoms with Crippen LogP contribution in [-0.4, -0.2) is 46.5 Å². The fourth-order valence-electron chi connectivity index (χ4n) is 4.90. The molecule has 0 aliphatic carbocycles. The van der Waals surface area contributed by atoms with E-state index in [0.717, 1.165) is 48.0 Å². The molecule has 0 unspecified atom stereocenters. The number of pyridine rings is 1. The van der Waals surface area contributed by atoms with Crippen molar-refractivity contribution in [1.82, 2.24) is 14.4 Å². The summed E-state index contributed by atoms with van der Waals surface area (Å²) in [5, 5.41) is 1.07. The van der Waals surface area contributed by atoms with Crippen molar-refractivity contribution < 1.29 is 18.0 Å². The maximum atomic E-state index is 13.1. The summed E-state index contributed by atoms with van der Waals surface area (Å²) < 4.78 is 40.8. The molecule has 5 rings (SSSR count). The highest BCUT2D eigenvalue weighted by molar-refractivity contribution is 5.94. The molecule has 0 spiro atoms. The van der Waals surface area contributed by atoms with Crippen LogP contribution in [-0.2, 0) is 25.7 Å². The van der Waals surface area contributed by atoms with Crippen LogP contribution < -0.4 is 5.56 Å². The number of nitrogens with zero attached hydrogens (tertiary/aromatic N) is 3. The van der Waals surface area contributed by atoms with Gasteiger partial charge in [-0.05, 0) is 48.1 Å². The lowest BCUT2D eigenvalue weighted by Crippen LogP contribution is -2.48. The highest BCUT2D eigenvalue weighted by Gasteiger charge is 2.32. The van der Waals surface area contributed by atoms with Gasteiger partial charge in [-0.15, -0.1) is 0 Å². The van der Waals surface area contributed by atoms with Crippen molar-refractivity contribution in [2.45, 2.75) is 32.1 Å². The van der Waals surface area contributed by atoms with Crippen LogP contribution in [0, 0.1) is 0 Å². The lowest BCUT2D eigenvalue weighted by atomic mass is 10.00. The summed E-state index contributed by atoms with van der Waals surface area (Å²) in [6.07, 6.45) is -2.55. The molecule has 1 amide bonds. The summed E-state index contributed by atoms with van der Waals surface area (Å²) in [6.45, 7) is 3.14. The van der Waals surface area contributed by atoms with Gasteiger partial charge in [-0.3, -0.25) is 14.5 Å². The van der Waals surface area contributed by atoms with E-state index < -0.39 is 17.6 Å². The van der Waals surface area contributed by atoms with Gasteiger partial charge in [0.15, 0.2) is 0 Å². The average Bonchev–Trinajstić information content (AvgIpc) is 2.82. The summed E-state index contributed by atoms with van der Waals surface area (Å²) >= 11 is 0. The maximum absolute atomic E-state index is 13.1. The number of alkyl halides is 3. The highest BCUT2D eigenvalue weighted by atomic mass is 19.4. The number of para-hydroxylation sites is 1. The van der Waals surface area contributed by atoms with Gasteiger partial charge < -0.3 is 9.47 Å². The molecule has 2 aliphatic rings. The third kappa shape index (κ3) is 4.15. The molecule has 1 aromatic heterocycles. The van der Waals surface area contributed by atoms with Crippen LogP contribution in [0.2, 0.25) is 0 Å². The van der Waals surface area contributed by atoms with Crippen LogP contribution in [0.4, 0.5) is 13.2 Å². The first-order valence-corrected chi connectivity index (χ1v) is 11.1. The summed E-state index contributed by atoms with van der Waals surface area (Å²) in [4.78, 5) is 29.6. The SMILES string of the molecule is O=C(c1cccc(C(F)(F)F)c1)N1CCN(Cc2cc3cccc4c3n(c2=O)CCC4)CC1. The molecule has 0 saturated carbocycles. The summed E-state index contributed by atoms with van der Waals surface area (Å²) in [5.41, 5.74) is 2.24. The third-order valence-corrected chi connectivity index (χ3v) is 6.59. The topological polar surface area (TPSA) is 45.6 Å². The Bertz CT molecular complexity index is 1270. The zero-order valence-corrected chi connectivity index (χ0v) is 18.1. The monoisotopic (exact) mass is 455 g/mol. The zero-order valence-electron chi connectivity index (χ0n) is 18.1. The Morgan fingerprint density at radius 1 is 0.939 bits per heavy atom. The molecule has 0 atom stereocenters. The van der Waals surface area contributed by atoms with E-state index in [1.54, 1.807) is 4.90 Å². The average molecular weight is 455 g/mol. The van der Waals surface area contributed by atoms with Crippen molar-refractivity contribution in [3.8, 4) is 0 Å². The van der Waals surface area contributed by atoms with Gasteiger partial charge in [0.05, 0.1) is 11.1 Å². The molecule has 0 bridgehead atoms. The molecule has 3 heterocycles. The lowest BCUT2D eigenvalue weighted by molar-refractivity contribution is -0.137. The van der Waals surface area contributed by atoms with E-state index in [0.29, 0.717) is 32.7 Å². The maximum Gasteiger partial charge on any atom is 0.416 e. The number of aromatic nitrogens is 1. The zero-order chi connectivity index (χ0) is 23.2. The van der Waals surface area contributed by atoms with E-state index in [2.05, 4.69) is 11.0 Å². The standard InChI is InChI=1S/C25H24F3N3O2/c26-25(27,28)21-8-2-6-19(15-21)23(32)30-12-10-29(11-13-30)16-20-14-18-5-1-4-17-7-3-9-31(22(17)18)24(20)33/h1-2,4-6,8,14-15H,3,7,9-13,16H2. The molecule has 172 valence electrons. The molecule has 33 heavy (non-hydrogen) atoms. The Labute approximate surface area is 189 Å². The fourth-order valence-corrected chi connectivity index (χ4v) is 4.90. The summed E-state index contributed by atoms with van der Waals surface area (Å²) in [6, 6.07) is 12.7. The number of carbonyl (C=O) groups is 1. The molecular weight excluding hydrogens is 431 g/mol. The number of halogens is 3. The molecule has 5 nitrogen and oxygen atoms in total. The van der Waals surface area contributed by atoms with E-state index in [4.69, 9.17) is 0 Å². The lowest BCUT2D eigenvalue weighted by Gasteiger charge is -2.35. The number of aryl methyl sites for hydroxylation is 2. The largest absolute Gasteiger partial charge is 0.416 e. The first-order chi connectivity index (χ1) is 15.8. The Morgan fingerprint density at radius 2 is 1.70 bits per heavy atom. The van der Waals surface area contributed by atoms with Crippen molar-refractivity contribution in [2.75, 3.05) is 26.2 Å². The minimum absolute atomic E-state index is 0.0390. The van der Waals surface area contributed by atoms with Gasteiger partial charge in [0.1, 0.15) is 0 Å². The Morgan fingerprint density at radius 3 is 2.45 bits per heavy atom. The summed E-state index contributed by atoms with van der Waals surface area (Å²) in [5.74, 6) is -0.400. The minimum Gasteiger partial charge on any atom is -0.336 e. The van der Waals surface area contributed by atoms with Gasteiger partial charge in [-0.25, -0.2) is 0 Å². The Hall–Kier alpha value is -3.13. The minimum atomic E-state index is -4.48. The smallest absolute Gasteiger partial charge is 0.336 e. The molecule has 2 aliphatic heterocycles. The molecule has 3 aromatic rings. The van der Waals surface area contributed by atoms with Crippen LogP contribution in [0.25, 0.3) is 10.9 Å².